The molecule has 0 spiro atoms. The molecule has 14 heteroatoms. The highest BCUT2D eigenvalue weighted by Crippen LogP contribution is 2.36. The van der Waals surface area contributed by atoms with Crippen molar-refractivity contribution in [2.75, 3.05) is 6.54 Å². The van der Waals surface area contributed by atoms with Crippen LogP contribution in [0.25, 0.3) is 0 Å². The molecule has 1 heterocycles. The minimum absolute atomic E-state index is 0.173. The third-order valence-corrected chi connectivity index (χ3v) is 7.92. The Hall–Kier alpha value is -2.23. The van der Waals surface area contributed by atoms with E-state index in [1.807, 2.05) is 6.07 Å². The van der Waals surface area contributed by atoms with Crippen molar-refractivity contribution in [2.45, 2.75) is 53.8 Å². The van der Waals surface area contributed by atoms with E-state index in [2.05, 4.69) is 5.32 Å². The van der Waals surface area contributed by atoms with Crippen molar-refractivity contribution in [1.82, 2.24) is 10.2 Å². The fourth-order valence-corrected chi connectivity index (χ4v) is 5.71. The number of benzene rings is 1. The molecule has 32 heavy (non-hydrogen) atoms. The quantitative estimate of drug-likeness (QED) is 0.644. The van der Waals surface area contributed by atoms with E-state index in [0.29, 0.717) is 17.7 Å². The minimum atomic E-state index is -4.85. The van der Waals surface area contributed by atoms with Crippen LogP contribution in [0.2, 0.25) is 10.0 Å². The average Bonchev–Trinajstić information content (AvgIpc) is 3.28. The molecule has 1 aromatic carbocycles. The van der Waals surface area contributed by atoms with Gasteiger partial charge >= 0.3 is 12.3 Å². The van der Waals surface area contributed by atoms with E-state index in [1.54, 1.807) is 0 Å². The Morgan fingerprint density at radius 2 is 1.97 bits per heavy atom. The van der Waals surface area contributed by atoms with Gasteiger partial charge in [-0.2, -0.15) is 18.4 Å². The zero-order valence-electron chi connectivity index (χ0n) is 16.2. The van der Waals surface area contributed by atoms with Gasteiger partial charge in [-0.1, -0.05) is 23.2 Å². The number of hydrogen-bond acceptors (Lipinski definition) is 6. The van der Waals surface area contributed by atoms with Crippen LogP contribution < -0.4 is 5.32 Å². The fourth-order valence-electron chi connectivity index (χ4n) is 3.26. The zero-order chi connectivity index (χ0) is 23.9. The van der Waals surface area contributed by atoms with Crippen LogP contribution in [0.15, 0.2) is 23.1 Å². The molecule has 1 aliphatic heterocycles. The van der Waals surface area contributed by atoms with Crippen molar-refractivity contribution in [2.24, 2.45) is 0 Å². The lowest BCUT2D eigenvalue weighted by Crippen LogP contribution is -2.44. The maximum absolute atomic E-state index is 13.0. The highest BCUT2D eigenvalue weighted by Gasteiger charge is 2.49. The number of alkyl halides is 3. The van der Waals surface area contributed by atoms with Gasteiger partial charge in [0.05, 0.1) is 21.2 Å². The second-order valence-corrected chi connectivity index (χ2v) is 10.5. The first kappa shape index (κ1) is 24.4. The molecule has 174 valence electrons. The third kappa shape index (κ3) is 5.39. The van der Waals surface area contributed by atoms with Gasteiger partial charge in [0.1, 0.15) is 12.0 Å². The smallest absolute Gasteiger partial charge is 0.410 e. The lowest BCUT2D eigenvalue weighted by molar-refractivity contribution is -0.165. The maximum Gasteiger partial charge on any atom is 0.410 e. The van der Waals surface area contributed by atoms with Crippen molar-refractivity contribution in [3.8, 4) is 6.07 Å². The first-order valence-electron chi connectivity index (χ1n) is 9.21. The standard InChI is InChI=1S/C18H16Cl2F3N3O5S/c19-10-1-2-13(12(20)5-10)32(29,30)11-6-15(26(8-11)14(27)7-18(21,22)23)31-16(28)25-17(9-24)3-4-17/h1-2,5,11,15H,3-4,6-8H2,(H,25,28)/t11-,15+/m1/s1. The van der Waals surface area contributed by atoms with Gasteiger partial charge in [0.15, 0.2) is 16.1 Å². The molecule has 1 saturated carbocycles. The molecule has 0 bridgehead atoms. The molecule has 2 aliphatic rings. The number of carbonyl (C=O) groups is 2. The Bertz CT molecular complexity index is 1090. The van der Waals surface area contributed by atoms with Gasteiger partial charge < -0.3 is 15.0 Å². The number of nitrogens with zero attached hydrogens (tertiary/aromatic N) is 2. The maximum atomic E-state index is 13.0. The van der Waals surface area contributed by atoms with Crippen LogP contribution in [0.4, 0.5) is 18.0 Å². The molecule has 1 aromatic rings. The molecule has 0 radical (unpaired) electrons. The largest absolute Gasteiger partial charge is 0.425 e. The number of hydrogen-bond donors (Lipinski definition) is 1. The first-order chi connectivity index (χ1) is 14.8. The Morgan fingerprint density at radius 1 is 1.31 bits per heavy atom. The number of rotatable bonds is 5. The second kappa shape index (κ2) is 8.61. The number of ether oxygens (including phenoxy) is 1. The molecule has 2 fully saturated rings. The Labute approximate surface area is 191 Å². The van der Waals surface area contributed by atoms with E-state index in [0.717, 1.165) is 6.07 Å². The van der Waals surface area contributed by atoms with Crippen molar-refractivity contribution < 1.29 is 35.9 Å². The Morgan fingerprint density at radius 3 is 2.50 bits per heavy atom. The van der Waals surface area contributed by atoms with Crippen LogP contribution in [0.1, 0.15) is 25.7 Å². The summed E-state index contributed by atoms with van der Waals surface area (Å²) in [5.74, 6) is -1.45. The van der Waals surface area contributed by atoms with Crippen LogP contribution in [-0.2, 0) is 19.4 Å². The molecule has 3 rings (SSSR count). The van der Waals surface area contributed by atoms with Crippen LogP contribution in [0.5, 0.6) is 0 Å². The van der Waals surface area contributed by atoms with Gasteiger partial charge in [0.25, 0.3) is 0 Å². The molecular formula is C18H16Cl2F3N3O5S. The number of amides is 2. The van der Waals surface area contributed by atoms with Crippen molar-refractivity contribution in [3.63, 3.8) is 0 Å². The topological polar surface area (TPSA) is 117 Å². The Kier molecular flexibility index (Phi) is 6.57. The van der Waals surface area contributed by atoms with E-state index in [9.17, 15) is 31.2 Å². The van der Waals surface area contributed by atoms with Crippen molar-refractivity contribution in [3.05, 3.63) is 28.2 Å². The van der Waals surface area contributed by atoms with E-state index in [-0.39, 0.29) is 14.9 Å². The summed E-state index contributed by atoms with van der Waals surface area (Å²) in [6, 6.07) is 5.49. The van der Waals surface area contributed by atoms with Gasteiger partial charge in [-0.25, -0.2) is 13.2 Å². The van der Waals surface area contributed by atoms with Crippen LogP contribution in [0.3, 0.4) is 0 Å². The number of sulfone groups is 1. The summed E-state index contributed by atoms with van der Waals surface area (Å²) >= 11 is 11.8. The Balaban J connectivity index is 1.84. The number of halogens is 5. The lowest BCUT2D eigenvalue weighted by atomic mass is 10.3. The number of alkyl carbamates (subject to hydrolysis) is 1. The predicted molar refractivity (Wildman–Crippen MR) is 105 cm³/mol. The summed E-state index contributed by atoms with van der Waals surface area (Å²) in [5.41, 5.74) is -1.13. The molecule has 1 N–H and O–H groups in total. The molecule has 1 saturated heterocycles. The van der Waals surface area contributed by atoms with Crippen molar-refractivity contribution >= 4 is 45.0 Å². The van der Waals surface area contributed by atoms with E-state index < -0.39 is 64.4 Å². The molecule has 2 amide bonds. The van der Waals surface area contributed by atoms with Gasteiger partial charge in [-0.3, -0.25) is 4.79 Å². The highest BCUT2D eigenvalue weighted by atomic mass is 35.5. The van der Waals surface area contributed by atoms with Gasteiger partial charge in [-0.15, -0.1) is 0 Å². The molecule has 2 atom stereocenters. The van der Waals surface area contributed by atoms with Gasteiger partial charge in [0, 0.05) is 18.0 Å². The van der Waals surface area contributed by atoms with Crippen LogP contribution in [-0.4, -0.2) is 55.1 Å². The predicted octanol–water partition coefficient (Wildman–Crippen LogP) is 3.43. The molecule has 1 aliphatic carbocycles. The number of carbonyl (C=O) groups excluding carboxylic acids is 2. The van der Waals surface area contributed by atoms with Crippen LogP contribution in [0, 0.1) is 11.3 Å². The molecule has 0 unspecified atom stereocenters. The minimum Gasteiger partial charge on any atom is -0.425 e. The van der Waals surface area contributed by atoms with E-state index in [4.69, 9.17) is 33.2 Å². The summed E-state index contributed by atoms with van der Waals surface area (Å²) < 4.78 is 69.4. The number of nitrogens with one attached hydrogen (secondary N) is 1. The molecule has 8 nitrogen and oxygen atoms in total. The fraction of sp³-hybridized carbons (Fsp3) is 0.500. The molecule has 0 aromatic heterocycles. The zero-order valence-corrected chi connectivity index (χ0v) is 18.5. The summed E-state index contributed by atoms with van der Waals surface area (Å²) in [4.78, 5) is 24.6. The van der Waals surface area contributed by atoms with E-state index >= 15 is 0 Å². The normalized spacial score (nSPS) is 22.2. The lowest BCUT2D eigenvalue weighted by Gasteiger charge is -2.25. The average molecular weight is 514 g/mol. The summed E-state index contributed by atoms with van der Waals surface area (Å²) in [5, 5.41) is 9.92. The first-order valence-corrected chi connectivity index (χ1v) is 11.5. The van der Waals surface area contributed by atoms with Gasteiger partial charge in [0.2, 0.25) is 5.91 Å². The summed E-state index contributed by atoms with van der Waals surface area (Å²) in [7, 11) is -4.22. The van der Waals surface area contributed by atoms with Crippen molar-refractivity contribution in [1.29, 1.82) is 5.26 Å². The van der Waals surface area contributed by atoms with Gasteiger partial charge in [-0.05, 0) is 31.0 Å². The summed E-state index contributed by atoms with van der Waals surface area (Å²) in [6.07, 6.45) is -9.16. The second-order valence-electron chi connectivity index (χ2n) is 7.49. The monoisotopic (exact) mass is 513 g/mol. The number of likely N-dealkylation sites (tertiary alicyclic amines) is 1. The van der Waals surface area contributed by atoms with Crippen LogP contribution >= 0.6 is 23.2 Å². The van der Waals surface area contributed by atoms with E-state index in [1.165, 1.54) is 12.1 Å². The third-order valence-electron chi connectivity index (χ3n) is 5.07. The SMILES string of the molecule is N#CC1(NC(=O)O[C@H]2C[C@@H](S(=O)(=O)c3ccc(Cl)cc3Cl)CN2C(=O)CC(F)(F)F)CC1. The number of nitriles is 1. The highest BCUT2D eigenvalue weighted by molar-refractivity contribution is 7.92. The summed E-state index contributed by atoms with van der Waals surface area (Å²) in [6.45, 7) is -0.641. The molecular weight excluding hydrogens is 498 g/mol.